The fourth-order valence-corrected chi connectivity index (χ4v) is 2.20. The SMILES string of the molecule is CCn1nccc1CN1CCOC(C(C)N)C1. The summed E-state index contributed by atoms with van der Waals surface area (Å²) in [5, 5.41) is 4.29. The van der Waals surface area contributed by atoms with Crippen molar-refractivity contribution in [2.24, 2.45) is 5.73 Å². The average molecular weight is 238 g/mol. The fourth-order valence-electron chi connectivity index (χ4n) is 2.20. The molecule has 2 heterocycles. The first kappa shape index (κ1) is 12.5. The Morgan fingerprint density at radius 3 is 3.18 bits per heavy atom. The van der Waals surface area contributed by atoms with Crippen molar-refractivity contribution >= 4 is 0 Å². The van der Waals surface area contributed by atoms with Crippen LogP contribution in [-0.4, -0.2) is 46.5 Å². The number of aryl methyl sites for hydroxylation is 1. The van der Waals surface area contributed by atoms with Gasteiger partial charge in [-0.1, -0.05) is 0 Å². The molecule has 2 rings (SSSR count). The highest BCUT2D eigenvalue weighted by atomic mass is 16.5. The zero-order valence-electron chi connectivity index (χ0n) is 10.7. The van der Waals surface area contributed by atoms with E-state index in [4.69, 9.17) is 10.5 Å². The van der Waals surface area contributed by atoms with E-state index < -0.39 is 0 Å². The molecule has 1 fully saturated rings. The van der Waals surface area contributed by atoms with Gasteiger partial charge in [-0.25, -0.2) is 0 Å². The number of ether oxygens (including phenoxy) is 1. The van der Waals surface area contributed by atoms with Gasteiger partial charge < -0.3 is 10.5 Å². The third-order valence-electron chi connectivity index (χ3n) is 3.25. The summed E-state index contributed by atoms with van der Waals surface area (Å²) in [6.07, 6.45) is 2.02. The van der Waals surface area contributed by atoms with Crippen LogP contribution in [-0.2, 0) is 17.8 Å². The van der Waals surface area contributed by atoms with E-state index >= 15 is 0 Å². The molecule has 1 aromatic heterocycles. The third kappa shape index (κ3) is 3.06. The second kappa shape index (κ2) is 5.62. The lowest BCUT2D eigenvalue weighted by atomic mass is 10.1. The second-order valence-corrected chi connectivity index (χ2v) is 4.64. The van der Waals surface area contributed by atoms with Gasteiger partial charge in [-0.2, -0.15) is 5.10 Å². The fraction of sp³-hybridized carbons (Fsp3) is 0.750. The van der Waals surface area contributed by atoms with Crippen molar-refractivity contribution in [3.63, 3.8) is 0 Å². The zero-order valence-corrected chi connectivity index (χ0v) is 10.7. The van der Waals surface area contributed by atoms with E-state index in [0.717, 1.165) is 32.8 Å². The molecule has 0 saturated carbocycles. The van der Waals surface area contributed by atoms with Crippen LogP contribution in [0.1, 0.15) is 19.5 Å². The van der Waals surface area contributed by atoms with E-state index in [-0.39, 0.29) is 12.1 Å². The van der Waals surface area contributed by atoms with E-state index in [9.17, 15) is 0 Å². The molecule has 0 bridgehead atoms. The first-order valence-electron chi connectivity index (χ1n) is 6.31. The van der Waals surface area contributed by atoms with Crippen molar-refractivity contribution in [2.45, 2.75) is 39.1 Å². The Hall–Kier alpha value is -0.910. The van der Waals surface area contributed by atoms with Crippen LogP contribution >= 0.6 is 0 Å². The molecule has 0 aliphatic carbocycles. The van der Waals surface area contributed by atoms with E-state index in [1.165, 1.54) is 5.69 Å². The highest BCUT2D eigenvalue weighted by molar-refractivity contribution is 5.00. The number of hydrogen-bond acceptors (Lipinski definition) is 4. The minimum absolute atomic E-state index is 0.0916. The summed E-state index contributed by atoms with van der Waals surface area (Å²) >= 11 is 0. The first-order valence-corrected chi connectivity index (χ1v) is 6.31. The van der Waals surface area contributed by atoms with Crippen molar-refractivity contribution in [3.05, 3.63) is 18.0 Å². The minimum Gasteiger partial charge on any atom is -0.374 e. The molecule has 2 unspecified atom stereocenters. The molecule has 5 nitrogen and oxygen atoms in total. The van der Waals surface area contributed by atoms with Crippen LogP contribution in [0.25, 0.3) is 0 Å². The summed E-state index contributed by atoms with van der Waals surface area (Å²) in [7, 11) is 0. The maximum atomic E-state index is 5.89. The van der Waals surface area contributed by atoms with E-state index in [2.05, 4.69) is 23.0 Å². The Bertz CT molecular complexity index is 350. The van der Waals surface area contributed by atoms with Gasteiger partial charge in [-0.15, -0.1) is 0 Å². The molecule has 0 radical (unpaired) electrons. The number of nitrogens with zero attached hydrogens (tertiary/aromatic N) is 3. The normalized spacial score (nSPS) is 23.8. The Balaban J connectivity index is 1.94. The molecule has 2 N–H and O–H groups in total. The van der Waals surface area contributed by atoms with E-state index in [1.807, 2.05) is 17.8 Å². The van der Waals surface area contributed by atoms with Gasteiger partial charge in [0.2, 0.25) is 0 Å². The topological polar surface area (TPSA) is 56.3 Å². The summed E-state index contributed by atoms with van der Waals surface area (Å²) in [5.74, 6) is 0. The lowest BCUT2D eigenvalue weighted by Gasteiger charge is -2.34. The van der Waals surface area contributed by atoms with Crippen molar-refractivity contribution in [1.82, 2.24) is 14.7 Å². The summed E-state index contributed by atoms with van der Waals surface area (Å²) < 4.78 is 7.69. The summed E-state index contributed by atoms with van der Waals surface area (Å²) in [4.78, 5) is 2.39. The predicted molar refractivity (Wildman–Crippen MR) is 66.6 cm³/mol. The number of aromatic nitrogens is 2. The zero-order chi connectivity index (χ0) is 12.3. The molecule has 17 heavy (non-hydrogen) atoms. The minimum atomic E-state index is 0.0916. The molecular formula is C12H22N4O. The molecule has 0 spiro atoms. The summed E-state index contributed by atoms with van der Waals surface area (Å²) in [5.41, 5.74) is 7.15. The van der Waals surface area contributed by atoms with Crippen LogP contribution in [0.4, 0.5) is 0 Å². The Labute approximate surface area is 103 Å². The van der Waals surface area contributed by atoms with Gasteiger partial charge in [0.1, 0.15) is 0 Å². The third-order valence-corrected chi connectivity index (χ3v) is 3.25. The van der Waals surface area contributed by atoms with Crippen molar-refractivity contribution in [1.29, 1.82) is 0 Å². The second-order valence-electron chi connectivity index (χ2n) is 4.64. The van der Waals surface area contributed by atoms with Crippen LogP contribution in [0, 0.1) is 0 Å². The predicted octanol–water partition coefficient (Wildman–Crippen LogP) is 0.451. The standard InChI is InChI=1S/C12H22N4O/c1-3-16-11(4-5-14-16)8-15-6-7-17-12(9-15)10(2)13/h4-5,10,12H,3,6-9,13H2,1-2H3. The van der Waals surface area contributed by atoms with Gasteiger partial charge in [-0.3, -0.25) is 9.58 Å². The van der Waals surface area contributed by atoms with Crippen molar-refractivity contribution in [2.75, 3.05) is 19.7 Å². The number of morpholine rings is 1. The van der Waals surface area contributed by atoms with Crippen molar-refractivity contribution in [3.8, 4) is 0 Å². The summed E-state index contributed by atoms with van der Waals surface area (Å²) in [6.45, 7) is 8.62. The van der Waals surface area contributed by atoms with E-state index in [0.29, 0.717) is 0 Å². The van der Waals surface area contributed by atoms with Gasteiger partial charge in [0.05, 0.1) is 18.4 Å². The Kier molecular flexibility index (Phi) is 4.15. The monoisotopic (exact) mass is 238 g/mol. The number of hydrogen-bond donors (Lipinski definition) is 1. The largest absolute Gasteiger partial charge is 0.374 e. The molecule has 2 atom stereocenters. The van der Waals surface area contributed by atoms with Crippen LogP contribution in [0.3, 0.4) is 0 Å². The Morgan fingerprint density at radius 1 is 1.65 bits per heavy atom. The molecule has 1 saturated heterocycles. The van der Waals surface area contributed by atoms with Gasteiger partial charge in [0.25, 0.3) is 0 Å². The molecule has 0 aromatic carbocycles. The smallest absolute Gasteiger partial charge is 0.0850 e. The number of rotatable bonds is 4. The molecule has 1 aromatic rings. The van der Waals surface area contributed by atoms with Crippen LogP contribution in [0.5, 0.6) is 0 Å². The molecule has 96 valence electrons. The van der Waals surface area contributed by atoms with Crippen LogP contribution < -0.4 is 5.73 Å². The lowest BCUT2D eigenvalue weighted by Crippen LogP contribution is -2.49. The molecule has 1 aliphatic heterocycles. The maximum absolute atomic E-state index is 5.89. The molecule has 0 amide bonds. The maximum Gasteiger partial charge on any atom is 0.0850 e. The molecule has 5 heteroatoms. The van der Waals surface area contributed by atoms with Crippen molar-refractivity contribution < 1.29 is 4.74 Å². The quantitative estimate of drug-likeness (QED) is 0.827. The van der Waals surface area contributed by atoms with Gasteiger partial charge in [0, 0.05) is 38.4 Å². The Morgan fingerprint density at radius 2 is 2.47 bits per heavy atom. The highest BCUT2D eigenvalue weighted by Crippen LogP contribution is 2.11. The first-order chi connectivity index (χ1) is 8.20. The van der Waals surface area contributed by atoms with Gasteiger partial charge in [-0.05, 0) is 19.9 Å². The summed E-state index contributed by atoms with van der Waals surface area (Å²) in [6, 6.07) is 2.17. The van der Waals surface area contributed by atoms with Crippen LogP contribution in [0.15, 0.2) is 12.3 Å². The van der Waals surface area contributed by atoms with E-state index in [1.54, 1.807) is 0 Å². The van der Waals surface area contributed by atoms with Crippen LogP contribution in [0.2, 0.25) is 0 Å². The van der Waals surface area contributed by atoms with Gasteiger partial charge in [0.15, 0.2) is 0 Å². The number of nitrogens with two attached hydrogens (primary N) is 1. The lowest BCUT2D eigenvalue weighted by molar-refractivity contribution is -0.0410. The average Bonchev–Trinajstić information content (AvgIpc) is 2.76. The van der Waals surface area contributed by atoms with Gasteiger partial charge >= 0.3 is 0 Å². The highest BCUT2D eigenvalue weighted by Gasteiger charge is 2.23. The molecule has 1 aliphatic rings. The molecular weight excluding hydrogens is 216 g/mol.